The second-order valence-corrected chi connectivity index (χ2v) is 10.4. The van der Waals surface area contributed by atoms with Crippen LogP contribution in [0.5, 0.6) is 5.75 Å². The number of furan rings is 1. The molecule has 0 radical (unpaired) electrons. The largest absolute Gasteiger partial charge is 0.506 e. The molecule has 1 unspecified atom stereocenters. The molecule has 1 atom stereocenters. The quantitative estimate of drug-likeness (QED) is 0.146. The lowest BCUT2D eigenvalue weighted by atomic mass is 10.0. The van der Waals surface area contributed by atoms with Crippen LogP contribution in [-0.2, 0) is 11.2 Å². The van der Waals surface area contributed by atoms with E-state index in [0.29, 0.717) is 50.9 Å². The number of aromatic nitrogens is 2. The molecule has 4 N–H and O–H groups in total. The molecule has 0 saturated carbocycles. The first-order valence-electron chi connectivity index (χ1n) is 13.1. The standard InChI is InChI=1S/C31H23ClN4O6/c1-41-31(40)20-14-33-28-24(37)12-23-19(27(20)28)11-18(13-32)36(23)30(39)22-9-16-8-17(6-7-21(16)35-22)34-29(38)26-10-15-4-2-3-5-25(15)42-26/h2-10,12,14,18,33,35,37H,11,13H2,1H3,(H,34,38). The van der Waals surface area contributed by atoms with Crippen molar-refractivity contribution in [1.29, 1.82) is 0 Å². The molecule has 7 rings (SSSR count). The van der Waals surface area contributed by atoms with Crippen LogP contribution in [0.25, 0.3) is 32.8 Å². The van der Waals surface area contributed by atoms with Gasteiger partial charge in [0, 0.05) is 45.5 Å². The molecule has 0 aliphatic carbocycles. The number of nitrogens with one attached hydrogen (secondary N) is 3. The number of methoxy groups -OCH3 is 1. The van der Waals surface area contributed by atoms with Crippen molar-refractivity contribution in [3.63, 3.8) is 0 Å². The highest BCUT2D eigenvalue weighted by Crippen LogP contribution is 2.44. The summed E-state index contributed by atoms with van der Waals surface area (Å²) in [6.07, 6.45) is 1.88. The van der Waals surface area contributed by atoms with Gasteiger partial charge in [0.05, 0.1) is 29.9 Å². The van der Waals surface area contributed by atoms with Crippen LogP contribution in [0, 0.1) is 0 Å². The van der Waals surface area contributed by atoms with E-state index in [4.69, 9.17) is 20.8 Å². The van der Waals surface area contributed by atoms with Crippen molar-refractivity contribution < 1.29 is 28.6 Å². The summed E-state index contributed by atoms with van der Waals surface area (Å²) in [5, 5.41) is 15.7. The number of carbonyl (C=O) groups excluding carboxylic acids is 3. The number of nitrogens with zero attached hydrogens (tertiary/aromatic N) is 1. The minimum atomic E-state index is -0.555. The zero-order valence-electron chi connectivity index (χ0n) is 22.2. The minimum absolute atomic E-state index is 0.103. The number of anilines is 2. The van der Waals surface area contributed by atoms with Crippen molar-refractivity contribution in [2.45, 2.75) is 12.5 Å². The van der Waals surface area contributed by atoms with Crippen LogP contribution in [-0.4, -0.2) is 51.9 Å². The summed E-state index contributed by atoms with van der Waals surface area (Å²) >= 11 is 6.33. The van der Waals surface area contributed by atoms with Gasteiger partial charge in [-0.1, -0.05) is 18.2 Å². The Bertz CT molecular complexity index is 2040. The predicted molar refractivity (Wildman–Crippen MR) is 159 cm³/mol. The number of aromatic hydroxyl groups is 1. The number of halogens is 1. The van der Waals surface area contributed by atoms with Crippen molar-refractivity contribution in [2.24, 2.45) is 0 Å². The summed E-state index contributed by atoms with van der Waals surface area (Å²) < 4.78 is 10.6. The number of amides is 2. The highest BCUT2D eigenvalue weighted by atomic mass is 35.5. The minimum Gasteiger partial charge on any atom is -0.506 e. The molecule has 210 valence electrons. The molecule has 2 amide bonds. The Labute approximate surface area is 242 Å². The van der Waals surface area contributed by atoms with Crippen LogP contribution in [0.4, 0.5) is 11.4 Å². The van der Waals surface area contributed by atoms with Crippen molar-refractivity contribution in [2.75, 3.05) is 23.2 Å². The summed E-state index contributed by atoms with van der Waals surface area (Å²) in [5.74, 6) is -1.07. The van der Waals surface area contributed by atoms with Gasteiger partial charge in [0.2, 0.25) is 0 Å². The number of alkyl halides is 1. The van der Waals surface area contributed by atoms with Gasteiger partial charge in [-0.3, -0.25) is 9.59 Å². The Morgan fingerprint density at radius 2 is 1.95 bits per heavy atom. The van der Waals surface area contributed by atoms with E-state index < -0.39 is 17.9 Å². The van der Waals surface area contributed by atoms with Crippen LogP contribution >= 0.6 is 11.6 Å². The molecule has 0 spiro atoms. The van der Waals surface area contributed by atoms with Crippen molar-refractivity contribution in [1.82, 2.24) is 9.97 Å². The number of ether oxygens (including phenoxy) is 1. The SMILES string of the molecule is COC(=O)c1c[nH]c2c(O)cc3c(c12)CC(CCl)N3C(=O)c1cc2cc(NC(=O)c3cc4ccccc4o3)ccc2[nH]1. The van der Waals surface area contributed by atoms with E-state index in [1.165, 1.54) is 19.4 Å². The maximum absolute atomic E-state index is 13.9. The van der Waals surface area contributed by atoms with Gasteiger partial charge in [-0.25, -0.2) is 4.79 Å². The van der Waals surface area contributed by atoms with Crippen LogP contribution in [0.3, 0.4) is 0 Å². The first kappa shape index (κ1) is 25.7. The highest BCUT2D eigenvalue weighted by Gasteiger charge is 2.38. The fourth-order valence-corrected chi connectivity index (χ4v) is 5.96. The second-order valence-electron chi connectivity index (χ2n) is 10.1. The van der Waals surface area contributed by atoms with E-state index >= 15 is 0 Å². The Balaban J connectivity index is 1.21. The van der Waals surface area contributed by atoms with Gasteiger partial charge in [-0.05, 0) is 48.4 Å². The first-order chi connectivity index (χ1) is 20.4. The number of phenolic OH excluding ortho intramolecular Hbond substituents is 1. The van der Waals surface area contributed by atoms with Crippen LogP contribution in [0.2, 0.25) is 0 Å². The van der Waals surface area contributed by atoms with Crippen LogP contribution in [0.1, 0.15) is 37.0 Å². The number of aromatic amines is 2. The zero-order chi connectivity index (χ0) is 29.1. The summed E-state index contributed by atoms with van der Waals surface area (Å²) in [5.41, 5.74) is 4.00. The van der Waals surface area contributed by atoms with Crippen LogP contribution in [0.15, 0.2) is 71.3 Å². The van der Waals surface area contributed by atoms with E-state index in [0.717, 1.165) is 10.9 Å². The van der Waals surface area contributed by atoms with E-state index in [2.05, 4.69) is 15.3 Å². The summed E-state index contributed by atoms with van der Waals surface area (Å²) in [4.78, 5) is 46.8. The Morgan fingerprint density at radius 1 is 1.12 bits per heavy atom. The van der Waals surface area contributed by atoms with Gasteiger partial charge >= 0.3 is 5.97 Å². The molecule has 3 aromatic carbocycles. The number of esters is 1. The van der Waals surface area contributed by atoms with Gasteiger partial charge in [0.25, 0.3) is 11.8 Å². The maximum Gasteiger partial charge on any atom is 0.340 e. The highest BCUT2D eigenvalue weighted by molar-refractivity contribution is 6.20. The number of benzene rings is 3. The third kappa shape index (κ3) is 3.99. The zero-order valence-corrected chi connectivity index (χ0v) is 22.9. The fraction of sp³-hybridized carbons (Fsp3) is 0.129. The molecule has 11 heteroatoms. The molecule has 1 aliphatic rings. The average molecular weight is 583 g/mol. The molecular formula is C31H23ClN4O6. The average Bonchev–Trinajstić information content (AvgIpc) is 3.78. The summed E-state index contributed by atoms with van der Waals surface area (Å²) in [6, 6.07) is 17.1. The first-order valence-corrected chi connectivity index (χ1v) is 13.7. The van der Waals surface area contributed by atoms with E-state index in [1.54, 1.807) is 41.3 Å². The lowest BCUT2D eigenvalue weighted by Gasteiger charge is -2.23. The van der Waals surface area contributed by atoms with Gasteiger partial charge in [0.1, 0.15) is 17.0 Å². The Hall–Kier alpha value is -5.22. The van der Waals surface area contributed by atoms with Gasteiger partial charge < -0.3 is 34.4 Å². The number of hydrogen-bond donors (Lipinski definition) is 4. The van der Waals surface area contributed by atoms with Crippen LogP contribution < -0.4 is 10.2 Å². The van der Waals surface area contributed by atoms with E-state index in [-0.39, 0.29) is 28.9 Å². The molecule has 0 fully saturated rings. The van der Waals surface area contributed by atoms with Crippen molar-refractivity contribution >= 4 is 73.5 Å². The molecule has 10 nitrogen and oxygen atoms in total. The number of fused-ring (bicyclic) bond motifs is 5. The normalized spacial score (nSPS) is 14.5. The van der Waals surface area contributed by atoms with Gasteiger partial charge in [-0.15, -0.1) is 11.6 Å². The molecule has 6 aromatic rings. The second kappa shape index (κ2) is 9.71. The Morgan fingerprint density at radius 3 is 2.74 bits per heavy atom. The van der Waals surface area contributed by atoms with Gasteiger partial charge in [-0.2, -0.15) is 0 Å². The monoisotopic (exact) mass is 582 g/mol. The maximum atomic E-state index is 13.9. The number of H-pyrrole nitrogens is 2. The van der Waals surface area contributed by atoms with E-state index in [9.17, 15) is 19.5 Å². The summed E-state index contributed by atoms with van der Waals surface area (Å²) in [7, 11) is 1.28. The number of phenols is 1. The molecule has 1 aliphatic heterocycles. The van der Waals surface area contributed by atoms with Crippen molar-refractivity contribution in [3.05, 3.63) is 89.4 Å². The summed E-state index contributed by atoms with van der Waals surface area (Å²) in [6.45, 7) is 0. The smallest absolute Gasteiger partial charge is 0.340 e. The molecule has 42 heavy (non-hydrogen) atoms. The van der Waals surface area contributed by atoms with Gasteiger partial charge in [0.15, 0.2) is 5.76 Å². The van der Waals surface area contributed by atoms with Crippen molar-refractivity contribution in [3.8, 4) is 5.75 Å². The number of para-hydroxylation sites is 1. The fourth-order valence-electron chi connectivity index (χ4n) is 5.71. The van der Waals surface area contributed by atoms with E-state index in [1.807, 2.05) is 18.2 Å². The lowest BCUT2D eigenvalue weighted by Crippen LogP contribution is -2.39. The molecule has 3 aromatic heterocycles. The predicted octanol–water partition coefficient (Wildman–Crippen LogP) is 5.95. The molecule has 4 heterocycles. The molecule has 0 saturated heterocycles. The molecule has 0 bridgehead atoms. The third-order valence-electron chi connectivity index (χ3n) is 7.65. The number of rotatable bonds is 5. The number of hydrogen-bond acceptors (Lipinski definition) is 6. The topological polar surface area (TPSA) is 141 Å². The number of carbonyl (C=O) groups is 3. The molecular weight excluding hydrogens is 560 g/mol. The lowest BCUT2D eigenvalue weighted by molar-refractivity contribution is 0.0602. The third-order valence-corrected chi connectivity index (χ3v) is 8.00. The Kier molecular flexibility index (Phi) is 5.95.